The van der Waals surface area contributed by atoms with E-state index < -0.39 is 5.60 Å². The second-order valence-corrected chi connectivity index (χ2v) is 4.60. The SMILES string of the molecule is COC1CCC(O)(C2CCOC2)CC1. The van der Waals surface area contributed by atoms with Gasteiger partial charge in [0.05, 0.1) is 18.3 Å². The molecule has 1 aliphatic heterocycles. The van der Waals surface area contributed by atoms with Gasteiger partial charge in [-0.1, -0.05) is 0 Å². The Morgan fingerprint density at radius 1 is 1.29 bits per heavy atom. The van der Waals surface area contributed by atoms with Gasteiger partial charge < -0.3 is 14.6 Å². The first kappa shape index (κ1) is 10.4. The standard InChI is InChI=1S/C11H20O3/c1-13-10-2-5-11(12,6-3-10)9-4-7-14-8-9/h9-10,12H,2-8H2,1H3. The molecule has 82 valence electrons. The molecule has 1 heterocycles. The highest BCUT2D eigenvalue weighted by molar-refractivity contribution is 4.92. The van der Waals surface area contributed by atoms with Crippen molar-refractivity contribution in [2.45, 2.75) is 43.8 Å². The van der Waals surface area contributed by atoms with Crippen molar-refractivity contribution in [2.24, 2.45) is 5.92 Å². The third-order valence-corrected chi connectivity index (χ3v) is 3.82. The molecule has 1 saturated heterocycles. The molecule has 2 fully saturated rings. The van der Waals surface area contributed by atoms with E-state index in [1.54, 1.807) is 7.11 Å². The molecule has 2 rings (SSSR count). The lowest BCUT2D eigenvalue weighted by Crippen LogP contribution is -2.43. The van der Waals surface area contributed by atoms with E-state index in [4.69, 9.17) is 9.47 Å². The summed E-state index contributed by atoms with van der Waals surface area (Å²) in [5, 5.41) is 10.4. The smallest absolute Gasteiger partial charge is 0.0700 e. The Kier molecular flexibility index (Phi) is 3.10. The lowest BCUT2D eigenvalue weighted by atomic mass is 9.74. The summed E-state index contributed by atoms with van der Waals surface area (Å²) >= 11 is 0. The van der Waals surface area contributed by atoms with Crippen LogP contribution in [0.4, 0.5) is 0 Å². The first-order valence-electron chi connectivity index (χ1n) is 5.57. The number of hydrogen-bond donors (Lipinski definition) is 1. The van der Waals surface area contributed by atoms with Crippen molar-refractivity contribution in [3.63, 3.8) is 0 Å². The third-order valence-electron chi connectivity index (χ3n) is 3.82. The highest BCUT2D eigenvalue weighted by atomic mass is 16.5. The molecule has 1 atom stereocenters. The van der Waals surface area contributed by atoms with Crippen LogP contribution in [0.2, 0.25) is 0 Å². The second kappa shape index (κ2) is 4.17. The van der Waals surface area contributed by atoms with E-state index in [2.05, 4.69) is 0 Å². The summed E-state index contributed by atoms with van der Waals surface area (Å²) < 4.78 is 10.6. The van der Waals surface area contributed by atoms with Crippen LogP contribution in [0.5, 0.6) is 0 Å². The zero-order valence-electron chi connectivity index (χ0n) is 8.87. The molecule has 0 aromatic rings. The van der Waals surface area contributed by atoms with Crippen molar-refractivity contribution in [1.29, 1.82) is 0 Å². The number of rotatable bonds is 2. The van der Waals surface area contributed by atoms with Gasteiger partial charge in [-0.05, 0) is 32.1 Å². The zero-order valence-corrected chi connectivity index (χ0v) is 8.87. The van der Waals surface area contributed by atoms with Gasteiger partial charge in [0.1, 0.15) is 0 Å². The van der Waals surface area contributed by atoms with Crippen LogP contribution < -0.4 is 0 Å². The Bertz CT molecular complexity index is 179. The molecule has 14 heavy (non-hydrogen) atoms. The van der Waals surface area contributed by atoms with Crippen LogP contribution in [0, 0.1) is 5.92 Å². The van der Waals surface area contributed by atoms with Crippen molar-refractivity contribution in [3.05, 3.63) is 0 Å². The highest BCUT2D eigenvalue weighted by Crippen LogP contribution is 2.38. The van der Waals surface area contributed by atoms with E-state index in [0.29, 0.717) is 12.0 Å². The van der Waals surface area contributed by atoms with Gasteiger partial charge in [-0.15, -0.1) is 0 Å². The molecule has 1 unspecified atom stereocenters. The molecule has 3 nitrogen and oxygen atoms in total. The predicted molar refractivity (Wildman–Crippen MR) is 53.1 cm³/mol. The Balaban J connectivity index is 1.90. The van der Waals surface area contributed by atoms with E-state index in [9.17, 15) is 5.11 Å². The fourth-order valence-corrected chi connectivity index (χ4v) is 2.69. The van der Waals surface area contributed by atoms with Gasteiger partial charge >= 0.3 is 0 Å². The predicted octanol–water partition coefficient (Wildman–Crippen LogP) is 1.34. The molecule has 0 aromatic carbocycles. The van der Waals surface area contributed by atoms with Gasteiger partial charge in [0, 0.05) is 19.6 Å². The van der Waals surface area contributed by atoms with Crippen molar-refractivity contribution in [2.75, 3.05) is 20.3 Å². The number of hydrogen-bond acceptors (Lipinski definition) is 3. The summed E-state index contributed by atoms with van der Waals surface area (Å²) in [7, 11) is 1.76. The molecule has 1 saturated carbocycles. The molecule has 3 heteroatoms. The quantitative estimate of drug-likeness (QED) is 0.731. The highest BCUT2D eigenvalue weighted by Gasteiger charge is 2.41. The van der Waals surface area contributed by atoms with E-state index in [-0.39, 0.29) is 0 Å². The fraction of sp³-hybridized carbons (Fsp3) is 1.00. The van der Waals surface area contributed by atoms with Crippen molar-refractivity contribution in [3.8, 4) is 0 Å². The van der Waals surface area contributed by atoms with Crippen LogP contribution >= 0.6 is 0 Å². The second-order valence-electron chi connectivity index (χ2n) is 4.60. The molecular formula is C11H20O3. The minimum atomic E-state index is -0.467. The van der Waals surface area contributed by atoms with Gasteiger partial charge in [0.2, 0.25) is 0 Å². The summed E-state index contributed by atoms with van der Waals surface area (Å²) in [4.78, 5) is 0. The van der Waals surface area contributed by atoms with E-state index >= 15 is 0 Å². The maximum absolute atomic E-state index is 10.4. The normalized spacial score (nSPS) is 44.1. The molecule has 1 aliphatic carbocycles. The van der Waals surface area contributed by atoms with E-state index in [1.165, 1.54) is 0 Å². The van der Waals surface area contributed by atoms with Crippen LogP contribution in [0.25, 0.3) is 0 Å². The third kappa shape index (κ3) is 1.95. The van der Waals surface area contributed by atoms with Crippen LogP contribution in [0.15, 0.2) is 0 Å². The van der Waals surface area contributed by atoms with Gasteiger partial charge in [-0.2, -0.15) is 0 Å². The zero-order chi connectivity index (χ0) is 10.0. The summed E-state index contributed by atoms with van der Waals surface area (Å²) in [5.41, 5.74) is -0.467. The van der Waals surface area contributed by atoms with Gasteiger partial charge in [-0.25, -0.2) is 0 Å². The summed E-state index contributed by atoms with van der Waals surface area (Å²) in [6.45, 7) is 1.56. The molecule has 0 spiro atoms. The minimum absolute atomic E-state index is 0.359. The Hall–Kier alpha value is -0.120. The fourth-order valence-electron chi connectivity index (χ4n) is 2.69. The molecule has 2 aliphatic rings. The average Bonchev–Trinajstić information content (AvgIpc) is 2.72. The maximum Gasteiger partial charge on any atom is 0.0700 e. The largest absolute Gasteiger partial charge is 0.390 e. The summed E-state index contributed by atoms with van der Waals surface area (Å²) in [5.74, 6) is 0.361. The van der Waals surface area contributed by atoms with Crippen molar-refractivity contribution < 1.29 is 14.6 Å². The van der Waals surface area contributed by atoms with Gasteiger partial charge in [0.25, 0.3) is 0 Å². The Morgan fingerprint density at radius 3 is 2.50 bits per heavy atom. The number of ether oxygens (including phenoxy) is 2. The first-order valence-corrected chi connectivity index (χ1v) is 5.57. The molecule has 0 bridgehead atoms. The molecule has 0 radical (unpaired) electrons. The first-order chi connectivity index (χ1) is 6.74. The molecule has 0 amide bonds. The monoisotopic (exact) mass is 200 g/mol. The van der Waals surface area contributed by atoms with Gasteiger partial charge in [0.15, 0.2) is 0 Å². The Morgan fingerprint density at radius 2 is 2.00 bits per heavy atom. The van der Waals surface area contributed by atoms with Crippen molar-refractivity contribution in [1.82, 2.24) is 0 Å². The van der Waals surface area contributed by atoms with Gasteiger partial charge in [-0.3, -0.25) is 0 Å². The summed E-state index contributed by atoms with van der Waals surface area (Å²) in [6, 6.07) is 0. The topological polar surface area (TPSA) is 38.7 Å². The summed E-state index contributed by atoms with van der Waals surface area (Å²) in [6.07, 6.45) is 5.11. The Labute approximate surface area is 85.4 Å². The molecule has 1 N–H and O–H groups in total. The minimum Gasteiger partial charge on any atom is -0.390 e. The number of aliphatic hydroxyl groups is 1. The van der Waals surface area contributed by atoms with E-state index in [1.807, 2.05) is 0 Å². The number of methoxy groups -OCH3 is 1. The van der Waals surface area contributed by atoms with Crippen molar-refractivity contribution >= 4 is 0 Å². The lowest BCUT2D eigenvalue weighted by molar-refractivity contribution is -0.0811. The lowest BCUT2D eigenvalue weighted by Gasteiger charge is -2.39. The van der Waals surface area contributed by atoms with Crippen LogP contribution in [-0.4, -0.2) is 37.1 Å². The molecule has 0 aromatic heterocycles. The van der Waals surface area contributed by atoms with E-state index in [0.717, 1.165) is 45.3 Å². The van der Waals surface area contributed by atoms with Crippen LogP contribution in [0.1, 0.15) is 32.1 Å². The molecular weight excluding hydrogens is 180 g/mol. The van der Waals surface area contributed by atoms with Crippen LogP contribution in [0.3, 0.4) is 0 Å². The maximum atomic E-state index is 10.4. The van der Waals surface area contributed by atoms with Crippen LogP contribution in [-0.2, 0) is 9.47 Å². The average molecular weight is 200 g/mol.